The van der Waals surface area contributed by atoms with E-state index >= 15 is 0 Å². The van der Waals surface area contributed by atoms with Gasteiger partial charge in [0.1, 0.15) is 18.1 Å². The van der Waals surface area contributed by atoms with E-state index in [2.05, 4.69) is 34.5 Å². The second kappa shape index (κ2) is 12.6. The molecule has 1 fully saturated rings. The topological polar surface area (TPSA) is 92.6 Å². The number of aromatic nitrogens is 2. The zero-order valence-electron chi connectivity index (χ0n) is 23.2. The lowest BCUT2D eigenvalue weighted by Crippen LogP contribution is -2.29. The highest BCUT2D eigenvalue weighted by Gasteiger charge is 2.48. The molecule has 9 heteroatoms. The SMILES string of the molecule is Cc1ccc(CSc2nnc(N3C(=O)C(=O)/C(=C(/O)c4ccccc4)C3c3cccc(OCc4ccccc4)c3)s2)cc1. The van der Waals surface area contributed by atoms with Crippen LogP contribution in [0.15, 0.2) is 119 Å². The van der Waals surface area contributed by atoms with Gasteiger partial charge in [-0.2, -0.15) is 0 Å². The first-order chi connectivity index (χ1) is 21.0. The number of carbonyl (C=O) groups excluding carboxylic acids is 2. The molecule has 1 aliphatic rings. The number of carbonyl (C=O) groups is 2. The van der Waals surface area contributed by atoms with Gasteiger partial charge < -0.3 is 9.84 Å². The maximum absolute atomic E-state index is 13.6. The Balaban J connectivity index is 1.35. The first kappa shape index (κ1) is 28.4. The summed E-state index contributed by atoms with van der Waals surface area (Å²) in [5.74, 6) is -0.555. The monoisotopic (exact) mass is 605 g/mol. The predicted molar refractivity (Wildman–Crippen MR) is 169 cm³/mol. The fraction of sp³-hybridized carbons (Fsp3) is 0.118. The first-order valence-corrected chi connectivity index (χ1v) is 15.4. The van der Waals surface area contributed by atoms with Gasteiger partial charge in [-0.1, -0.05) is 126 Å². The molecule has 6 rings (SSSR count). The van der Waals surface area contributed by atoms with Gasteiger partial charge in [0.15, 0.2) is 4.34 Å². The van der Waals surface area contributed by atoms with Crippen molar-refractivity contribution in [2.45, 2.75) is 29.7 Å². The zero-order chi connectivity index (χ0) is 29.8. The van der Waals surface area contributed by atoms with Crippen LogP contribution in [0.25, 0.3) is 5.76 Å². The standard InChI is InChI=1S/C34H27N3O4S2/c1-22-15-17-24(18-16-22)21-42-34-36-35-33(43-34)37-29(28(31(39)32(37)40)30(38)25-11-6-3-7-12-25)26-13-8-14-27(19-26)41-20-23-9-4-2-5-10-23/h2-19,29,38H,20-21H2,1H3/b30-28+. The van der Waals surface area contributed by atoms with E-state index in [1.807, 2.05) is 55.5 Å². The number of thioether (sulfide) groups is 1. The van der Waals surface area contributed by atoms with Gasteiger partial charge in [0.2, 0.25) is 5.13 Å². The van der Waals surface area contributed by atoms with E-state index in [0.29, 0.717) is 33.6 Å². The highest BCUT2D eigenvalue weighted by Crippen LogP contribution is 2.44. The number of benzene rings is 4. The van der Waals surface area contributed by atoms with Crippen molar-refractivity contribution in [3.8, 4) is 5.75 Å². The molecule has 1 N–H and O–H groups in total. The Bertz CT molecular complexity index is 1790. The molecular weight excluding hydrogens is 579 g/mol. The number of ketones is 1. The third-order valence-corrected chi connectivity index (χ3v) is 9.13. The minimum absolute atomic E-state index is 0.0135. The van der Waals surface area contributed by atoms with Crippen molar-refractivity contribution < 1.29 is 19.4 Å². The van der Waals surface area contributed by atoms with Crippen LogP contribution in [0.4, 0.5) is 5.13 Å². The lowest BCUT2D eigenvalue weighted by Gasteiger charge is -2.23. The van der Waals surface area contributed by atoms with E-state index in [1.54, 1.807) is 36.4 Å². The van der Waals surface area contributed by atoms with Gasteiger partial charge in [-0.15, -0.1) is 10.2 Å². The number of aliphatic hydroxyl groups is 1. The second-order valence-corrected chi connectivity index (χ2v) is 12.2. The summed E-state index contributed by atoms with van der Waals surface area (Å²) in [7, 11) is 0. The summed E-state index contributed by atoms with van der Waals surface area (Å²) in [6.07, 6.45) is 0. The van der Waals surface area contributed by atoms with Crippen LogP contribution in [0, 0.1) is 6.92 Å². The lowest BCUT2D eigenvalue weighted by atomic mass is 9.95. The molecule has 1 atom stereocenters. The highest BCUT2D eigenvalue weighted by molar-refractivity contribution is 8.00. The molecule has 0 spiro atoms. The Morgan fingerprint density at radius 2 is 1.60 bits per heavy atom. The summed E-state index contributed by atoms with van der Waals surface area (Å²) >= 11 is 2.75. The van der Waals surface area contributed by atoms with Crippen LogP contribution in [-0.2, 0) is 21.9 Å². The van der Waals surface area contributed by atoms with Crippen LogP contribution < -0.4 is 9.64 Å². The summed E-state index contributed by atoms with van der Waals surface area (Å²) < 4.78 is 6.72. The molecule has 0 aliphatic carbocycles. The maximum atomic E-state index is 13.6. The average molecular weight is 606 g/mol. The van der Waals surface area contributed by atoms with Gasteiger partial charge in [-0.25, -0.2) is 0 Å². The summed E-state index contributed by atoms with van der Waals surface area (Å²) in [5.41, 5.74) is 4.36. The van der Waals surface area contributed by atoms with E-state index in [4.69, 9.17) is 4.74 Å². The number of aryl methyl sites for hydroxylation is 1. The van der Waals surface area contributed by atoms with E-state index in [0.717, 1.165) is 11.1 Å². The average Bonchev–Trinajstić information content (AvgIpc) is 3.62. The largest absolute Gasteiger partial charge is 0.507 e. The van der Waals surface area contributed by atoms with Crippen LogP contribution in [0.1, 0.15) is 33.9 Å². The predicted octanol–water partition coefficient (Wildman–Crippen LogP) is 7.34. The molecule has 1 amide bonds. The van der Waals surface area contributed by atoms with E-state index in [-0.39, 0.29) is 16.5 Å². The normalized spacial score (nSPS) is 16.0. The number of aliphatic hydroxyl groups excluding tert-OH is 1. The minimum atomic E-state index is -0.927. The molecule has 43 heavy (non-hydrogen) atoms. The van der Waals surface area contributed by atoms with Crippen molar-refractivity contribution in [3.05, 3.63) is 143 Å². The molecule has 1 unspecified atom stereocenters. The molecule has 4 aromatic carbocycles. The fourth-order valence-electron chi connectivity index (χ4n) is 4.80. The molecule has 5 aromatic rings. The first-order valence-electron chi connectivity index (χ1n) is 13.6. The third-order valence-electron chi connectivity index (χ3n) is 7.00. The van der Waals surface area contributed by atoms with Crippen molar-refractivity contribution in [2.75, 3.05) is 4.90 Å². The van der Waals surface area contributed by atoms with Crippen LogP contribution in [0.5, 0.6) is 5.75 Å². The number of amides is 1. The van der Waals surface area contributed by atoms with Crippen molar-refractivity contribution in [3.63, 3.8) is 0 Å². The molecule has 1 saturated heterocycles. The summed E-state index contributed by atoms with van der Waals surface area (Å²) in [6, 6.07) is 33.1. The van der Waals surface area contributed by atoms with E-state index in [9.17, 15) is 14.7 Å². The van der Waals surface area contributed by atoms with Crippen molar-refractivity contribution in [1.29, 1.82) is 0 Å². The van der Waals surface area contributed by atoms with Gasteiger partial charge in [-0.3, -0.25) is 14.5 Å². The Kier molecular flexibility index (Phi) is 8.35. The third kappa shape index (κ3) is 6.23. The molecule has 214 valence electrons. The van der Waals surface area contributed by atoms with Crippen LogP contribution in [-0.4, -0.2) is 27.0 Å². The van der Waals surface area contributed by atoms with Crippen LogP contribution >= 0.6 is 23.1 Å². The van der Waals surface area contributed by atoms with Crippen molar-refractivity contribution >= 4 is 45.7 Å². The zero-order valence-corrected chi connectivity index (χ0v) is 24.8. The Morgan fingerprint density at radius 3 is 2.35 bits per heavy atom. The Morgan fingerprint density at radius 1 is 0.884 bits per heavy atom. The Labute approximate surface area is 257 Å². The second-order valence-electron chi connectivity index (χ2n) is 10.0. The molecule has 0 saturated carbocycles. The smallest absolute Gasteiger partial charge is 0.301 e. The van der Waals surface area contributed by atoms with Gasteiger partial charge in [-0.05, 0) is 35.7 Å². The van der Waals surface area contributed by atoms with Crippen LogP contribution in [0.3, 0.4) is 0 Å². The van der Waals surface area contributed by atoms with E-state index < -0.39 is 17.7 Å². The molecule has 0 bridgehead atoms. The minimum Gasteiger partial charge on any atom is -0.507 e. The lowest BCUT2D eigenvalue weighted by molar-refractivity contribution is -0.132. The summed E-state index contributed by atoms with van der Waals surface area (Å²) in [5, 5.41) is 20.3. The van der Waals surface area contributed by atoms with Crippen molar-refractivity contribution in [2.24, 2.45) is 0 Å². The highest BCUT2D eigenvalue weighted by atomic mass is 32.2. The van der Waals surface area contributed by atoms with Gasteiger partial charge >= 0.3 is 5.91 Å². The molecular formula is C34H27N3O4S2. The quantitative estimate of drug-likeness (QED) is 0.0618. The number of hydrogen-bond donors (Lipinski definition) is 1. The summed E-state index contributed by atoms with van der Waals surface area (Å²) in [4.78, 5) is 28.5. The number of ether oxygens (including phenoxy) is 1. The molecule has 0 radical (unpaired) electrons. The molecule has 1 aliphatic heterocycles. The van der Waals surface area contributed by atoms with E-state index in [1.165, 1.54) is 33.6 Å². The fourth-order valence-corrected chi connectivity index (χ4v) is 6.62. The number of hydrogen-bond acceptors (Lipinski definition) is 8. The molecule has 2 heterocycles. The van der Waals surface area contributed by atoms with Crippen LogP contribution in [0.2, 0.25) is 0 Å². The molecule has 1 aromatic heterocycles. The maximum Gasteiger partial charge on any atom is 0.301 e. The Hall–Kier alpha value is -4.73. The van der Waals surface area contributed by atoms with Gasteiger partial charge in [0.25, 0.3) is 5.78 Å². The number of anilines is 1. The summed E-state index contributed by atoms with van der Waals surface area (Å²) in [6.45, 7) is 2.40. The molecule has 7 nitrogen and oxygen atoms in total. The van der Waals surface area contributed by atoms with Gasteiger partial charge in [0.05, 0.1) is 11.6 Å². The number of Topliss-reactive ketones (excluding diaryl/α,β-unsaturated/α-hetero) is 1. The number of rotatable bonds is 9. The number of nitrogens with zero attached hydrogens (tertiary/aromatic N) is 3. The van der Waals surface area contributed by atoms with Crippen molar-refractivity contribution in [1.82, 2.24) is 10.2 Å². The van der Waals surface area contributed by atoms with Gasteiger partial charge in [0, 0.05) is 11.3 Å².